The highest BCUT2D eigenvalue weighted by Gasteiger charge is 2.19. The van der Waals surface area contributed by atoms with E-state index in [0.29, 0.717) is 11.4 Å². The highest BCUT2D eigenvalue weighted by atomic mass is 19.1. The Morgan fingerprint density at radius 1 is 0.931 bits per heavy atom. The van der Waals surface area contributed by atoms with Gasteiger partial charge in [0.25, 0.3) is 5.91 Å². The first-order valence-electron chi connectivity index (χ1n) is 9.19. The second-order valence-electron chi connectivity index (χ2n) is 6.71. The van der Waals surface area contributed by atoms with E-state index in [2.05, 4.69) is 15.4 Å². The maximum Gasteiger partial charge on any atom is 0.295 e. The van der Waals surface area contributed by atoms with Crippen LogP contribution in [0.3, 0.4) is 0 Å². The van der Waals surface area contributed by atoms with E-state index in [1.165, 1.54) is 12.1 Å². The highest BCUT2D eigenvalue weighted by Crippen LogP contribution is 2.23. The summed E-state index contributed by atoms with van der Waals surface area (Å²) in [5.74, 6) is -0.249. The summed E-state index contributed by atoms with van der Waals surface area (Å²) < 4.78 is 15.0. The second-order valence-corrected chi connectivity index (χ2v) is 6.71. The number of carbonyl (C=O) groups excluding carboxylic acids is 1. The number of aromatic nitrogens is 3. The minimum absolute atomic E-state index is 0.0362. The van der Waals surface area contributed by atoms with Crippen LogP contribution in [0.15, 0.2) is 72.8 Å². The number of hydrogen-bond donors (Lipinski definition) is 1. The van der Waals surface area contributed by atoms with Crippen LogP contribution in [0.25, 0.3) is 17.1 Å². The molecule has 0 radical (unpaired) electrons. The number of aryl methyl sites for hydroxylation is 1. The lowest BCUT2D eigenvalue weighted by Crippen LogP contribution is -2.15. The van der Waals surface area contributed by atoms with Gasteiger partial charge >= 0.3 is 0 Å². The van der Waals surface area contributed by atoms with Crippen molar-refractivity contribution in [3.8, 4) is 17.1 Å². The fourth-order valence-electron chi connectivity index (χ4n) is 3.01. The van der Waals surface area contributed by atoms with Gasteiger partial charge in [-0.05, 0) is 67.4 Å². The molecule has 1 aromatic heterocycles. The van der Waals surface area contributed by atoms with Crippen molar-refractivity contribution in [2.45, 2.75) is 13.8 Å². The van der Waals surface area contributed by atoms with Crippen molar-refractivity contribution in [3.05, 3.63) is 95.6 Å². The van der Waals surface area contributed by atoms with E-state index in [-0.39, 0.29) is 11.6 Å². The number of nitrogens with zero attached hydrogens (tertiary/aromatic N) is 3. The van der Waals surface area contributed by atoms with Crippen molar-refractivity contribution in [1.82, 2.24) is 14.8 Å². The molecule has 0 atom stereocenters. The molecule has 4 rings (SSSR count). The summed E-state index contributed by atoms with van der Waals surface area (Å²) in [7, 11) is 0. The normalized spacial score (nSPS) is 10.7. The molecule has 29 heavy (non-hydrogen) atoms. The first-order chi connectivity index (χ1) is 14.0. The van der Waals surface area contributed by atoms with Crippen molar-refractivity contribution >= 4 is 11.6 Å². The van der Waals surface area contributed by atoms with Gasteiger partial charge in [-0.25, -0.2) is 14.1 Å². The average molecular weight is 386 g/mol. The predicted octanol–water partition coefficient (Wildman–Crippen LogP) is 4.94. The Balaban J connectivity index is 1.75. The van der Waals surface area contributed by atoms with Gasteiger partial charge in [0, 0.05) is 11.3 Å². The van der Waals surface area contributed by atoms with Crippen LogP contribution in [0.2, 0.25) is 0 Å². The van der Waals surface area contributed by atoms with Crippen LogP contribution in [0.5, 0.6) is 0 Å². The smallest absolute Gasteiger partial charge is 0.295 e. The van der Waals surface area contributed by atoms with Gasteiger partial charge in [0.15, 0.2) is 5.82 Å². The molecule has 0 saturated carbocycles. The lowest BCUT2D eigenvalue weighted by molar-refractivity contribution is 0.101. The lowest BCUT2D eigenvalue weighted by atomic mass is 10.1. The molecule has 0 unspecified atom stereocenters. The number of rotatable bonds is 4. The molecule has 144 valence electrons. The molecule has 0 saturated heterocycles. The van der Waals surface area contributed by atoms with Crippen molar-refractivity contribution in [2.24, 2.45) is 0 Å². The van der Waals surface area contributed by atoms with Crippen molar-refractivity contribution < 1.29 is 9.18 Å². The van der Waals surface area contributed by atoms with Crippen LogP contribution in [0.1, 0.15) is 21.7 Å². The molecule has 1 N–H and O–H groups in total. The number of para-hydroxylation sites is 1. The van der Waals surface area contributed by atoms with E-state index >= 15 is 0 Å². The number of anilines is 1. The molecule has 5 nitrogen and oxygen atoms in total. The first-order valence-corrected chi connectivity index (χ1v) is 9.19. The minimum atomic E-state index is -0.406. The van der Waals surface area contributed by atoms with E-state index in [1.54, 1.807) is 16.8 Å². The van der Waals surface area contributed by atoms with Gasteiger partial charge < -0.3 is 5.32 Å². The zero-order valence-corrected chi connectivity index (χ0v) is 16.1. The molecular formula is C23H19FN4O. The van der Waals surface area contributed by atoms with Gasteiger partial charge in [-0.2, -0.15) is 0 Å². The van der Waals surface area contributed by atoms with Crippen molar-refractivity contribution in [3.63, 3.8) is 0 Å². The molecule has 0 aliphatic carbocycles. The third kappa shape index (κ3) is 3.78. The molecule has 0 bridgehead atoms. The van der Waals surface area contributed by atoms with Gasteiger partial charge in [-0.15, -0.1) is 5.10 Å². The summed E-state index contributed by atoms with van der Waals surface area (Å²) in [6.45, 7) is 3.94. The summed E-state index contributed by atoms with van der Waals surface area (Å²) in [5.41, 5.74) is 4.20. The molecule has 0 aliphatic heterocycles. The monoisotopic (exact) mass is 386 g/mol. The molecule has 4 aromatic rings. The molecule has 3 aromatic carbocycles. The van der Waals surface area contributed by atoms with Crippen LogP contribution in [0.4, 0.5) is 10.1 Å². The summed E-state index contributed by atoms with van der Waals surface area (Å²) in [5, 5.41) is 7.31. The Hall–Kier alpha value is -3.80. The zero-order chi connectivity index (χ0) is 20.4. The maximum absolute atomic E-state index is 13.4. The molecule has 1 amide bonds. The average Bonchev–Trinajstić information content (AvgIpc) is 3.18. The van der Waals surface area contributed by atoms with E-state index in [1.807, 2.05) is 62.4 Å². The topological polar surface area (TPSA) is 59.8 Å². The zero-order valence-electron chi connectivity index (χ0n) is 16.1. The standard InChI is InChI=1S/C23H19FN4O/c1-15-7-6-10-20(16(15)2)25-23(29)21-26-22(17-11-13-18(24)14-12-17)28(27-21)19-8-4-3-5-9-19/h3-14H,1-2H3,(H,25,29). The summed E-state index contributed by atoms with van der Waals surface area (Å²) in [4.78, 5) is 17.3. The van der Waals surface area contributed by atoms with E-state index in [4.69, 9.17) is 0 Å². The Morgan fingerprint density at radius 2 is 1.66 bits per heavy atom. The molecular weight excluding hydrogens is 367 g/mol. The van der Waals surface area contributed by atoms with Gasteiger partial charge in [0.05, 0.1) is 5.69 Å². The third-order valence-corrected chi connectivity index (χ3v) is 4.77. The van der Waals surface area contributed by atoms with Crippen LogP contribution in [-0.4, -0.2) is 20.7 Å². The number of carbonyl (C=O) groups is 1. The molecule has 0 aliphatic rings. The van der Waals surface area contributed by atoms with Crippen LogP contribution >= 0.6 is 0 Å². The lowest BCUT2D eigenvalue weighted by Gasteiger charge is -2.08. The van der Waals surface area contributed by atoms with Crippen molar-refractivity contribution in [2.75, 3.05) is 5.32 Å². The molecule has 0 spiro atoms. The van der Waals surface area contributed by atoms with Crippen LogP contribution < -0.4 is 5.32 Å². The van der Waals surface area contributed by atoms with E-state index in [9.17, 15) is 9.18 Å². The number of benzene rings is 3. The SMILES string of the molecule is Cc1cccc(NC(=O)c2nc(-c3ccc(F)cc3)n(-c3ccccc3)n2)c1C. The Bertz CT molecular complexity index is 1170. The number of halogens is 1. The summed E-state index contributed by atoms with van der Waals surface area (Å²) in [6, 6.07) is 21.0. The third-order valence-electron chi connectivity index (χ3n) is 4.77. The number of nitrogens with one attached hydrogen (secondary N) is 1. The largest absolute Gasteiger partial charge is 0.319 e. The number of hydrogen-bond acceptors (Lipinski definition) is 3. The minimum Gasteiger partial charge on any atom is -0.319 e. The fourth-order valence-corrected chi connectivity index (χ4v) is 3.01. The van der Waals surface area contributed by atoms with Crippen molar-refractivity contribution in [1.29, 1.82) is 0 Å². The van der Waals surface area contributed by atoms with E-state index in [0.717, 1.165) is 22.5 Å². The quantitative estimate of drug-likeness (QED) is 0.540. The molecule has 1 heterocycles. The highest BCUT2D eigenvalue weighted by molar-refractivity contribution is 6.02. The first kappa shape index (κ1) is 18.6. The number of amides is 1. The maximum atomic E-state index is 13.4. The summed E-state index contributed by atoms with van der Waals surface area (Å²) in [6.07, 6.45) is 0. The molecule has 0 fully saturated rings. The van der Waals surface area contributed by atoms with Gasteiger partial charge in [-0.3, -0.25) is 4.79 Å². The Labute approximate surface area is 167 Å². The van der Waals surface area contributed by atoms with Crippen LogP contribution in [0, 0.1) is 19.7 Å². The van der Waals surface area contributed by atoms with Gasteiger partial charge in [-0.1, -0.05) is 30.3 Å². The predicted molar refractivity (Wildman–Crippen MR) is 111 cm³/mol. The van der Waals surface area contributed by atoms with Gasteiger partial charge in [0.2, 0.25) is 5.82 Å². The fraction of sp³-hybridized carbons (Fsp3) is 0.0870. The summed E-state index contributed by atoms with van der Waals surface area (Å²) >= 11 is 0. The Kier molecular flexibility index (Phi) is 4.91. The van der Waals surface area contributed by atoms with E-state index < -0.39 is 5.91 Å². The van der Waals surface area contributed by atoms with Gasteiger partial charge in [0.1, 0.15) is 5.82 Å². The van der Waals surface area contributed by atoms with Crippen LogP contribution in [-0.2, 0) is 0 Å². The Morgan fingerprint density at radius 3 is 2.38 bits per heavy atom. The second kappa shape index (κ2) is 7.67. The molecule has 6 heteroatoms.